The van der Waals surface area contributed by atoms with Gasteiger partial charge in [0.1, 0.15) is 23.7 Å². The number of aromatic nitrogens is 4. The van der Waals surface area contributed by atoms with Crippen molar-refractivity contribution in [1.29, 1.82) is 0 Å². The lowest BCUT2D eigenvalue weighted by Gasteiger charge is -2.15. The Morgan fingerprint density at radius 1 is 1.39 bits per heavy atom. The molecule has 3 aromatic rings. The summed E-state index contributed by atoms with van der Waals surface area (Å²) >= 11 is 5.90. The molecule has 2 aromatic heterocycles. The molecule has 0 unspecified atom stereocenters. The Bertz CT molecular complexity index is 1160. The number of anilines is 1. The van der Waals surface area contributed by atoms with Gasteiger partial charge in [-0.05, 0) is 38.7 Å². The van der Waals surface area contributed by atoms with Crippen LogP contribution in [0.15, 0.2) is 36.7 Å². The molecule has 0 spiro atoms. The van der Waals surface area contributed by atoms with Crippen LogP contribution in [0.3, 0.4) is 0 Å². The van der Waals surface area contributed by atoms with Crippen LogP contribution in [0.5, 0.6) is 0 Å². The summed E-state index contributed by atoms with van der Waals surface area (Å²) in [6, 6.07) is 4.29. The number of nitrogens with two attached hydrogens (primary N) is 1. The Morgan fingerprint density at radius 2 is 2.19 bits per heavy atom. The third-order valence-corrected chi connectivity index (χ3v) is 5.49. The van der Waals surface area contributed by atoms with Crippen molar-refractivity contribution in [2.75, 3.05) is 39.5 Å². The normalized spacial score (nSPS) is 16.8. The van der Waals surface area contributed by atoms with Gasteiger partial charge in [0, 0.05) is 36.3 Å². The van der Waals surface area contributed by atoms with Crippen LogP contribution in [0.4, 0.5) is 10.2 Å². The maximum atomic E-state index is 14.6. The summed E-state index contributed by atoms with van der Waals surface area (Å²) in [6.45, 7) is 1.77. The molecule has 1 atom stereocenters. The quantitative estimate of drug-likeness (QED) is 0.609. The fraction of sp³-hybridized carbons (Fsp3) is 0.333. The van der Waals surface area contributed by atoms with Crippen LogP contribution in [0.2, 0.25) is 5.02 Å². The smallest absolute Gasteiger partial charge is 0.246 e. The fourth-order valence-electron chi connectivity index (χ4n) is 3.73. The molecular weight excluding hydrogens is 421 g/mol. The minimum atomic E-state index is -0.503. The van der Waals surface area contributed by atoms with Crippen LogP contribution in [-0.4, -0.2) is 69.2 Å². The van der Waals surface area contributed by atoms with E-state index in [0.29, 0.717) is 47.8 Å². The number of carbonyl (C=O) groups excluding carboxylic acids is 1. The van der Waals surface area contributed by atoms with Crippen LogP contribution in [-0.2, 0) is 4.79 Å². The number of hydrogen-bond acceptors (Lipinski definition) is 6. The molecule has 4 rings (SSSR count). The van der Waals surface area contributed by atoms with E-state index < -0.39 is 5.82 Å². The average Bonchev–Trinajstić information content (AvgIpc) is 3.33. The summed E-state index contributed by atoms with van der Waals surface area (Å²) in [5.41, 5.74) is 7.25. The molecule has 1 fully saturated rings. The van der Waals surface area contributed by atoms with E-state index in [9.17, 15) is 9.18 Å². The van der Waals surface area contributed by atoms with Gasteiger partial charge in [-0.25, -0.2) is 19.0 Å². The molecule has 1 amide bonds. The van der Waals surface area contributed by atoms with Gasteiger partial charge >= 0.3 is 0 Å². The highest BCUT2D eigenvalue weighted by Crippen LogP contribution is 2.35. The third-order valence-electron chi connectivity index (χ3n) is 5.26. The van der Waals surface area contributed by atoms with Crippen molar-refractivity contribution in [3.05, 3.63) is 47.5 Å². The number of hydrogen-bond donors (Lipinski definition) is 1. The van der Waals surface area contributed by atoms with Crippen molar-refractivity contribution in [3.8, 4) is 11.3 Å². The van der Waals surface area contributed by atoms with E-state index in [4.69, 9.17) is 17.3 Å². The molecule has 1 aliphatic heterocycles. The molecule has 0 aliphatic carbocycles. The standard InChI is InChI=1S/C21H23ClFN7O/c1-28(2)8-3-4-17(31)29-9-7-14(11-29)30-21-18(20(24)25-12-26-21)19(27-30)15-6-5-13(22)10-16(15)23/h3-6,10,12,14H,7-9,11H2,1-2H3,(H2,24,25,26)/t14-/m1/s1. The highest BCUT2D eigenvalue weighted by Gasteiger charge is 2.30. The summed E-state index contributed by atoms with van der Waals surface area (Å²) < 4.78 is 16.4. The molecule has 1 saturated heterocycles. The van der Waals surface area contributed by atoms with Gasteiger partial charge in [-0.3, -0.25) is 4.79 Å². The number of halogens is 2. The molecule has 1 aliphatic rings. The molecule has 162 valence electrons. The molecule has 3 heterocycles. The summed E-state index contributed by atoms with van der Waals surface area (Å²) in [7, 11) is 3.89. The second-order valence-corrected chi connectivity index (χ2v) is 8.20. The predicted octanol–water partition coefficient (Wildman–Crippen LogP) is 2.76. The number of fused-ring (bicyclic) bond motifs is 1. The van der Waals surface area contributed by atoms with Gasteiger partial charge in [-0.1, -0.05) is 17.7 Å². The number of nitrogens with zero attached hydrogens (tertiary/aromatic N) is 6. The minimum Gasteiger partial charge on any atom is -0.383 e. The van der Waals surface area contributed by atoms with Crippen molar-refractivity contribution < 1.29 is 9.18 Å². The Labute approximate surface area is 184 Å². The maximum Gasteiger partial charge on any atom is 0.246 e. The Kier molecular flexibility index (Phi) is 5.88. The van der Waals surface area contributed by atoms with E-state index >= 15 is 0 Å². The zero-order chi connectivity index (χ0) is 22.1. The van der Waals surface area contributed by atoms with Crippen LogP contribution in [0.1, 0.15) is 12.5 Å². The summed E-state index contributed by atoms with van der Waals surface area (Å²) in [6.07, 6.45) is 5.50. The minimum absolute atomic E-state index is 0.0427. The molecule has 8 nitrogen and oxygen atoms in total. The zero-order valence-corrected chi connectivity index (χ0v) is 18.1. The number of nitrogen functional groups attached to an aromatic ring is 1. The first kappa shape index (κ1) is 21.2. The first-order valence-electron chi connectivity index (χ1n) is 9.89. The Hall–Kier alpha value is -3.04. The predicted molar refractivity (Wildman–Crippen MR) is 118 cm³/mol. The number of likely N-dealkylation sites (tertiary alicyclic amines) is 1. The van der Waals surface area contributed by atoms with E-state index in [1.807, 2.05) is 25.1 Å². The van der Waals surface area contributed by atoms with E-state index in [0.717, 1.165) is 0 Å². The SMILES string of the molecule is CN(C)CC=CC(=O)N1CC[C@@H](n2nc(-c3ccc(Cl)cc3F)c3c(N)ncnc32)C1. The van der Waals surface area contributed by atoms with Gasteiger partial charge in [-0.15, -0.1) is 0 Å². The average molecular weight is 444 g/mol. The van der Waals surface area contributed by atoms with Crippen LogP contribution in [0.25, 0.3) is 22.3 Å². The summed E-state index contributed by atoms with van der Waals surface area (Å²) in [5, 5.41) is 5.44. The van der Waals surface area contributed by atoms with E-state index in [1.165, 1.54) is 12.4 Å². The second kappa shape index (κ2) is 8.60. The van der Waals surface area contributed by atoms with Crippen molar-refractivity contribution in [2.45, 2.75) is 12.5 Å². The highest BCUT2D eigenvalue weighted by atomic mass is 35.5. The van der Waals surface area contributed by atoms with E-state index in [1.54, 1.807) is 27.8 Å². The van der Waals surface area contributed by atoms with Crippen LogP contribution >= 0.6 is 11.6 Å². The topological polar surface area (TPSA) is 93.2 Å². The molecule has 2 N–H and O–H groups in total. The van der Waals surface area contributed by atoms with E-state index in [-0.39, 0.29) is 23.3 Å². The molecule has 0 bridgehead atoms. The van der Waals surface area contributed by atoms with Gasteiger partial charge in [-0.2, -0.15) is 5.10 Å². The summed E-state index contributed by atoms with van der Waals surface area (Å²) in [5.74, 6) is -0.325. The third kappa shape index (κ3) is 4.24. The van der Waals surface area contributed by atoms with Gasteiger partial charge in [0.05, 0.1) is 11.4 Å². The van der Waals surface area contributed by atoms with Gasteiger partial charge in [0.2, 0.25) is 5.91 Å². The van der Waals surface area contributed by atoms with Gasteiger partial charge in [0.25, 0.3) is 0 Å². The lowest BCUT2D eigenvalue weighted by molar-refractivity contribution is -0.125. The molecule has 0 radical (unpaired) electrons. The van der Waals surface area contributed by atoms with Crippen molar-refractivity contribution in [3.63, 3.8) is 0 Å². The number of benzene rings is 1. The summed E-state index contributed by atoms with van der Waals surface area (Å²) in [4.78, 5) is 24.7. The number of carbonyl (C=O) groups is 1. The van der Waals surface area contributed by atoms with Crippen molar-refractivity contribution in [2.24, 2.45) is 0 Å². The first-order chi connectivity index (χ1) is 14.8. The number of likely N-dealkylation sites (N-methyl/N-ethyl adjacent to an activating group) is 1. The second-order valence-electron chi connectivity index (χ2n) is 7.77. The molecule has 0 saturated carbocycles. The Balaban J connectivity index is 1.67. The molecule has 31 heavy (non-hydrogen) atoms. The fourth-order valence-corrected chi connectivity index (χ4v) is 3.89. The van der Waals surface area contributed by atoms with Crippen molar-refractivity contribution >= 4 is 34.4 Å². The van der Waals surface area contributed by atoms with Crippen LogP contribution in [0, 0.1) is 5.82 Å². The largest absolute Gasteiger partial charge is 0.383 e. The number of amides is 1. The van der Waals surface area contributed by atoms with Gasteiger partial charge in [0.15, 0.2) is 5.65 Å². The van der Waals surface area contributed by atoms with Crippen molar-refractivity contribution in [1.82, 2.24) is 29.5 Å². The molecule has 1 aromatic carbocycles. The molecule has 10 heteroatoms. The lowest BCUT2D eigenvalue weighted by Crippen LogP contribution is -2.28. The monoisotopic (exact) mass is 443 g/mol. The highest BCUT2D eigenvalue weighted by molar-refractivity contribution is 6.30. The number of rotatable bonds is 5. The first-order valence-corrected chi connectivity index (χ1v) is 10.3. The Morgan fingerprint density at radius 3 is 2.94 bits per heavy atom. The maximum absolute atomic E-state index is 14.6. The van der Waals surface area contributed by atoms with E-state index in [2.05, 4.69) is 15.1 Å². The van der Waals surface area contributed by atoms with Crippen LogP contribution < -0.4 is 5.73 Å². The lowest BCUT2D eigenvalue weighted by atomic mass is 10.1. The van der Waals surface area contributed by atoms with Gasteiger partial charge < -0.3 is 15.5 Å². The zero-order valence-electron chi connectivity index (χ0n) is 17.3. The molecular formula is C21H23ClFN7O.